The molecule has 0 bridgehead atoms. The first-order valence-electron chi connectivity index (χ1n) is 7.48. The molecule has 3 rings (SSSR count). The van der Waals surface area contributed by atoms with Crippen LogP contribution in [0.1, 0.15) is 24.8 Å². The van der Waals surface area contributed by atoms with Gasteiger partial charge in [-0.05, 0) is 12.0 Å². The molecule has 2 aliphatic rings. The summed E-state index contributed by atoms with van der Waals surface area (Å²) in [4.78, 5) is 26.0. The second-order valence-electron chi connectivity index (χ2n) is 5.63. The van der Waals surface area contributed by atoms with Crippen LogP contribution in [0.3, 0.4) is 0 Å². The van der Waals surface area contributed by atoms with E-state index in [1.807, 2.05) is 37.3 Å². The standard InChI is InChI=1S/C16H20N2O3/c1-2-12-10-21-16(20)18(12)15(19)14-9-17-8-13(14)11-6-4-3-5-7-11/h3-7,12-14,17H,2,8-10H2,1H3. The van der Waals surface area contributed by atoms with Crippen LogP contribution in [0.5, 0.6) is 0 Å². The van der Waals surface area contributed by atoms with Crippen molar-refractivity contribution < 1.29 is 14.3 Å². The van der Waals surface area contributed by atoms with E-state index in [0.29, 0.717) is 13.2 Å². The molecule has 5 nitrogen and oxygen atoms in total. The number of amides is 2. The molecule has 5 heteroatoms. The smallest absolute Gasteiger partial charge is 0.416 e. The first-order valence-corrected chi connectivity index (χ1v) is 7.48. The molecule has 112 valence electrons. The second kappa shape index (κ2) is 5.85. The molecule has 1 N–H and O–H groups in total. The van der Waals surface area contributed by atoms with Crippen LogP contribution < -0.4 is 5.32 Å². The molecule has 0 radical (unpaired) electrons. The lowest BCUT2D eigenvalue weighted by Gasteiger charge is -2.25. The number of hydrogen-bond donors (Lipinski definition) is 1. The first-order chi connectivity index (χ1) is 10.2. The van der Waals surface area contributed by atoms with E-state index in [1.165, 1.54) is 4.90 Å². The maximum atomic E-state index is 12.8. The molecule has 2 amide bonds. The van der Waals surface area contributed by atoms with Crippen molar-refractivity contribution >= 4 is 12.0 Å². The molecule has 21 heavy (non-hydrogen) atoms. The summed E-state index contributed by atoms with van der Waals surface area (Å²) in [7, 11) is 0. The molecule has 2 fully saturated rings. The number of benzene rings is 1. The van der Waals surface area contributed by atoms with Crippen LogP contribution in [0.15, 0.2) is 30.3 Å². The van der Waals surface area contributed by atoms with Crippen LogP contribution in [0.25, 0.3) is 0 Å². The minimum atomic E-state index is -0.495. The van der Waals surface area contributed by atoms with Crippen molar-refractivity contribution in [2.24, 2.45) is 5.92 Å². The molecular formula is C16H20N2O3. The SMILES string of the molecule is CCC1COC(=O)N1C(=O)C1CNCC1c1ccccc1. The van der Waals surface area contributed by atoms with Gasteiger partial charge in [0.05, 0.1) is 12.0 Å². The van der Waals surface area contributed by atoms with E-state index in [-0.39, 0.29) is 23.8 Å². The molecule has 3 unspecified atom stereocenters. The summed E-state index contributed by atoms with van der Waals surface area (Å²) in [6, 6.07) is 9.88. The Bertz CT molecular complexity index is 532. The fourth-order valence-electron chi connectivity index (χ4n) is 3.20. The van der Waals surface area contributed by atoms with Gasteiger partial charge in [-0.2, -0.15) is 0 Å². The van der Waals surface area contributed by atoms with Crippen molar-refractivity contribution in [1.29, 1.82) is 0 Å². The Labute approximate surface area is 124 Å². The first kappa shape index (κ1) is 14.1. The minimum absolute atomic E-state index is 0.108. The summed E-state index contributed by atoms with van der Waals surface area (Å²) in [5.41, 5.74) is 1.14. The van der Waals surface area contributed by atoms with Crippen LogP contribution >= 0.6 is 0 Å². The van der Waals surface area contributed by atoms with Gasteiger partial charge in [-0.3, -0.25) is 4.79 Å². The molecule has 0 saturated carbocycles. The number of nitrogens with zero attached hydrogens (tertiary/aromatic N) is 1. The highest BCUT2D eigenvalue weighted by atomic mass is 16.6. The van der Waals surface area contributed by atoms with Gasteiger partial charge in [0.25, 0.3) is 0 Å². The van der Waals surface area contributed by atoms with Gasteiger partial charge in [-0.15, -0.1) is 0 Å². The van der Waals surface area contributed by atoms with Crippen molar-refractivity contribution in [1.82, 2.24) is 10.2 Å². The average Bonchev–Trinajstić information content (AvgIpc) is 3.14. The molecule has 2 saturated heterocycles. The molecular weight excluding hydrogens is 268 g/mol. The lowest BCUT2D eigenvalue weighted by atomic mass is 9.88. The summed E-state index contributed by atoms with van der Waals surface area (Å²) < 4.78 is 5.04. The van der Waals surface area contributed by atoms with E-state index in [2.05, 4.69) is 5.32 Å². The van der Waals surface area contributed by atoms with Crippen molar-refractivity contribution in [2.45, 2.75) is 25.3 Å². The van der Waals surface area contributed by atoms with E-state index >= 15 is 0 Å². The normalized spacial score (nSPS) is 28.7. The number of carbonyl (C=O) groups excluding carboxylic acids is 2. The summed E-state index contributed by atoms with van der Waals surface area (Å²) in [6.45, 7) is 3.66. The zero-order chi connectivity index (χ0) is 14.8. The molecule has 1 aromatic rings. The largest absolute Gasteiger partial charge is 0.447 e. The second-order valence-corrected chi connectivity index (χ2v) is 5.63. The Morgan fingerprint density at radius 2 is 2.10 bits per heavy atom. The number of cyclic esters (lactones) is 1. The number of rotatable bonds is 3. The van der Waals surface area contributed by atoms with Crippen molar-refractivity contribution in [3.05, 3.63) is 35.9 Å². The summed E-state index contributed by atoms with van der Waals surface area (Å²) in [6.07, 6.45) is 0.235. The van der Waals surface area contributed by atoms with E-state index in [0.717, 1.165) is 18.5 Å². The lowest BCUT2D eigenvalue weighted by Crippen LogP contribution is -2.44. The van der Waals surface area contributed by atoms with E-state index in [1.54, 1.807) is 0 Å². The van der Waals surface area contributed by atoms with Gasteiger partial charge >= 0.3 is 6.09 Å². The van der Waals surface area contributed by atoms with E-state index < -0.39 is 6.09 Å². The summed E-state index contributed by atoms with van der Waals surface area (Å²) in [5, 5.41) is 3.27. The molecule has 1 aromatic carbocycles. The minimum Gasteiger partial charge on any atom is -0.447 e. The van der Waals surface area contributed by atoms with Crippen LogP contribution in [0, 0.1) is 5.92 Å². The third-order valence-corrected chi connectivity index (χ3v) is 4.43. The molecule has 0 aliphatic carbocycles. The fraction of sp³-hybridized carbons (Fsp3) is 0.500. The topological polar surface area (TPSA) is 58.6 Å². The van der Waals surface area contributed by atoms with E-state index in [9.17, 15) is 9.59 Å². The van der Waals surface area contributed by atoms with Gasteiger partial charge in [-0.1, -0.05) is 37.3 Å². The van der Waals surface area contributed by atoms with E-state index in [4.69, 9.17) is 4.74 Å². The molecule has 2 heterocycles. The Morgan fingerprint density at radius 1 is 1.33 bits per heavy atom. The predicted octanol–water partition coefficient (Wildman–Crippen LogP) is 1.75. The number of carbonyl (C=O) groups is 2. The third-order valence-electron chi connectivity index (χ3n) is 4.43. The van der Waals surface area contributed by atoms with Crippen molar-refractivity contribution in [2.75, 3.05) is 19.7 Å². The maximum Gasteiger partial charge on any atom is 0.416 e. The molecule has 2 aliphatic heterocycles. The Balaban J connectivity index is 1.82. The number of nitrogens with one attached hydrogen (secondary N) is 1. The van der Waals surface area contributed by atoms with Crippen LogP contribution in [0.4, 0.5) is 4.79 Å². The van der Waals surface area contributed by atoms with Gasteiger partial charge in [0.1, 0.15) is 6.61 Å². The summed E-state index contributed by atoms with van der Waals surface area (Å²) >= 11 is 0. The lowest BCUT2D eigenvalue weighted by molar-refractivity contribution is -0.133. The fourth-order valence-corrected chi connectivity index (χ4v) is 3.20. The van der Waals surface area contributed by atoms with Crippen molar-refractivity contribution in [3.63, 3.8) is 0 Å². The highest BCUT2D eigenvalue weighted by molar-refractivity contribution is 5.95. The van der Waals surface area contributed by atoms with Crippen LogP contribution in [-0.4, -0.2) is 42.6 Å². The van der Waals surface area contributed by atoms with Crippen LogP contribution in [0.2, 0.25) is 0 Å². The van der Waals surface area contributed by atoms with Gasteiger partial charge in [0.2, 0.25) is 5.91 Å². The van der Waals surface area contributed by atoms with Gasteiger partial charge in [-0.25, -0.2) is 9.69 Å². The molecule has 0 aromatic heterocycles. The third kappa shape index (κ3) is 2.53. The molecule has 3 atom stereocenters. The van der Waals surface area contributed by atoms with Gasteiger partial charge < -0.3 is 10.1 Å². The maximum absolute atomic E-state index is 12.8. The quantitative estimate of drug-likeness (QED) is 0.920. The van der Waals surface area contributed by atoms with Gasteiger partial charge in [0.15, 0.2) is 0 Å². The number of imide groups is 1. The molecule has 0 spiro atoms. The van der Waals surface area contributed by atoms with Crippen molar-refractivity contribution in [3.8, 4) is 0 Å². The van der Waals surface area contributed by atoms with Crippen LogP contribution in [-0.2, 0) is 9.53 Å². The van der Waals surface area contributed by atoms with Gasteiger partial charge in [0, 0.05) is 19.0 Å². The Morgan fingerprint density at radius 3 is 2.81 bits per heavy atom. The zero-order valence-electron chi connectivity index (χ0n) is 12.1. The highest BCUT2D eigenvalue weighted by Crippen LogP contribution is 2.31. The Kier molecular flexibility index (Phi) is 3.92. The number of ether oxygens (including phenoxy) is 1. The predicted molar refractivity (Wildman–Crippen MR) is 77.8 cm³/mol. The zero-order valence-corrected chi connectivity index (χ0v) is 12.1. The average molecular weight is 288 g/mol. The Hall–Kier alpha value is -1.88. The summed E-state index contributed by atoms with van der Waals surface area (Å²) in [5.74, 6) is -0.195. The number of hydrogen-bond acceptors (Lipinski definition) is 4. The highest BCUT2D eigenvalue weighted by Gasteiger charge is 2.44. The monoisotopic (exact) mass is 288 g/mol.